The number of rotatable bonds is 2. The van der Waals surface area contributed by atoms with Crippen molar-refractivity contribution in [2.45, 2.75) is 0 Å². The van der Waals surface area contributed by atoms with Gasteiger partial charge in [0.15, 0.2) is 5.43 Å². The summed E-state index contributed by atoms with van der Waals surface area (Å²) in [4.78, 5) is 15.4. The predicted octanol–water partition coefficient (Wildman–Crippen LogP) is 4.35. The molecule has 2 nitrogen and oxygen atoms in total. The molecule has 0 spiro atoms. The number of fused-ring (bicyclic) bond motifs is 1. The normalized spacial score (nSPS) is 11.2. The van der Waals surface area contributed by atoms with Crippen LogP contribution in [0.5, 0.6) is 0 Å². The van der Waals surface area contributed by atoms with Crippen LogP contribution in [0.1, 0.15) is 11.1 Å². The van der Waals surface area contributed by atoms with Gasteiger partial charge in [0, 0.05) is 27.7 Å². The van der Waals surface area contributed by atoms with Crippen LogP contribution in [0.4, 0.5) is 0 Å². The first-order valence-corrected chi connectivity index (χ1v) is 6.66. The zero-order valence-corrected chi connectivity index (χ0v) is 11.4. The lowest BCUT2D eigenvalue weighted by molar-refractivity contribution is 1.37. The Labute approximate surface area is 121 Å². The van der Waals surface area contributed by atoms with Gasteiger partial charge in [-0.1, -0.05) is 41.9 Å². The molecule has 0 amide bonds. The van der Waals surface area contributed by atoms with Gasteiger partial charge in [0.05, 0.1) is 0 Å². The molecule has 0 radical (unpaired) electrons. The largest absolute Gasteiger partial charge is 0.360 e. The third-order valence-electron chi connectivity index (χ3n) is 3.14. The van der Waals surface area contributed by atoms with Crippen molar-refractivity contribution in [1.82, 2.24) is 4.98 Å². The van der Waals surface area contributed by atoms with Crippen molar-refractivity contribution >= 4 is 34.7 Å². The Balaban J connectivity index is 2.01. The number of hydrogen-bond acceptors (Lipinski definition) is 1. The maximum absolute atomic E-state index is 12.3. The molecule has 0 unspecified atom stereocenters. The molecule has 0 aliphatic heterocycles. The molecule has 0 saturated heterocycles. The third-order valence-corrected chi connectivity index (χ3v) is 3.39. The van der Waals surface area contributed by atoms with Gasteiger partial charge in [-0.3, -0.25) is 4.79 Å². The average Bonchev–Trinajstić information content (AvgIpc) is 2.49. The second-order valence-electron chi connectivity index (χ2n) is 4.50. The van der Waals surface area contributed by atoms with E-state index in [1.807, 2.05) is 60.7 Å². The summed E-state index contributed by atoms with van der Waals surface area (Å²) in [6, 6.07) is 15.0. The highest BCUT2D eigenvalue weighted by Crippen LogP contribution is 2.13. The van der Waals surface area contributed by atoms with Gasteiger partial charge in [-0.25, -0.2) is 0 Å². The smallest absolute Gasteiger partial charge is 0.196 e. The van der Waals surface area contributed by atoms with E-state index in [1.165, 1.54) is 0 Å². The summed E-state index contributed by atoms with van der Waals surface area (Å²) in [6.07, 6.45) is 5.45. The molecule has 1 heterocycles. The number of aromatic amines is 1. The van der Waals surface area contributed by atoms with E-state index in [2.05, 4.69) is 4.98 Å². The second-order valence-corrected chi connectivity index (χ2v) is 4.94. The lowest BCUT2D eigenvalue weighted by Crippen LogP contribution is -2.05. The van der Waals surface area contributed by atoms with E-state index in [0.29, 0.717) is 16.0 Å². The van der Waals surface area contributed by atoms with Crippen LogP contribution in [0.25, 0.3) is 23.1 Å². The number of aromatic nitrogens is 1. The quantitative estimate of drug-likeness (QED) is 0.744. The van der Waals surface area contributed by atoms with Gasteiger partial charge in [-0.05, 0) is 35.9 Å². The Hall–Kier alpha value is -2.32. The summed E-state index contributed by atoms with van der Waals surface area (Å²) in [7, 11) is 0. The minimum absolute atomic E-state index is 0.0320. The van der Waals surface area contributed by atoms with E-state index < -0.39 is 0 Å². The summed E-state index contributed by atoms with van der Waals surface area (Å²) >= 11 is 5.84. The van der Waals surface area contributed by atoms with Gasteiger partial charge in [0.25, 0.3) is 0 Å². The van der Waals surface area contributed by atoms with Crippen LogP contribution in [0.15, 0.2) is 59.5 Å². The molecule has 1 aromatic heterocycles. The molecule has 1 N–H and O–H groups in total. The number of H-pyrrole nitrogens is 1. The minimum atomic E-state index is 0.0320. The summed E-state index contributed by atoms with van der Waals surface area (Å²) in [5, 5.41) is 1.40. The number of nitrogens with one attached hydrogen (secondary N) is 1. The Bertz CT molecular complexity index is 831. The van der Waals surface area contributed by atoms with Gasteiger partial charge >= 0.3 is 0 Å². The van der Waals surface area contributed by atoms with Crippen molar-refractivity contribution in [2.24, 2.45) is 0 Å². The highest BCUT2D eigenvalue weighted by Gasteiger charge is 2.01. The maximum Gasteiger partial charge on any atom is 0.196 e. The van der Waals surface area contributed by atoms with E-state index >= 15 is 0 Å². The van der Waals surface area contributed by atoms with E-state index in [-0.39, 0.29) is 5.43 Å². The van der Waals surface area contributed by atoms with Crippen molar-refractivity contribution in [1.29, 1.82) is 0 Å². The Kier molecular flexibility index (Phi) is 3.40. The van der Waals surface area contributed by atoms with Crippen LogP contribution in [0, 0.1) is 0 Å². The molecule has 0 bridgehead atoms. The molecule has 0 aliphatic carbocycles. The van der Waals surface area contributed by atoms with E-state index in [4.69, 9.17) is 11.6 Å². The van der Waals surface area contributed by atoms with E-state index in [0.717, 1.165) is 11.1 Å². The van der Waals surface area contributed by atoms with Crippen molar-refractivity contribution < 1.29 is 0 Å². The summed E-state index contributed by atoms with van der Waals surface area (Å²) < 4.78 is 0. The Morgan fingerprint density at radius 3 is 2.50 bits per heavy atom. The molecule has 98 valence electrons. The van der Waals surface area contributed by atoms with Crippen LogP contribution in [0.2, 0.25) is 5.02 Å². The van der Waals surface area contributed by atoms with Gasteiger partial charge in [-0.15, -0.1) is 0 Å². The fraction of sp³-hybridized carbons (Fsp3) is 0. The molecule has 3 rings (SSSR count). The fourth-order valence-corrected chi connectivity index (χ4v) is 2.19. The molecule has 3 aromatic rings. The first-order chi connectivity index (χ1) is 9.74. The SMILES string of the molecule is O=c1c(/C=C/c2ccc(Cl)cc2)c[nH]c2ccccc12. The molecule has 20 heavy (non-hydrogen) atoms. The molecule has 0 saturated carbocycles. The van der Waals surface area contributed by atoms with Crippen molar-refractivity contribution in [3.8, 4) is 0 Å². The van der Waals surface area contributed by atoms with Crippen LogP contribution >= 0.6 is 11.6 Å². The van der Waals surface area contributed by atoms with Crippen molar-refractivity contribution in [3.05, 3.63) is 81.1 Å². The monoisotopic (exact) mass is 281 g/mol. The van der Waals surface area contributed by atoms with E-state index in [9.17, 15) is 4.79 Å². The maximum atomic E-state index is 12.3. The fourth-order valence-electron chi connectivity index (χ4n) is 2.07. The molecule has 2 aromatic carbocycles. The van der Waals surface area contributed by atoms with Gasteiger partial charge in [0.1, 0.15) is 0 Å². The van der Waals surface area contributed by atoms with Crippen LogP contribution in [-0.4, -0.2) is 4.98 Å². The van der Waals surface area contributed by atoms with Gasteiger partial charge in [-0.2, -0.15) is 0 Å². The number of hydrogen-bond donors (Lipinski definition) is 1. The summed E-state index contributed by atoms with van der Waals surface area (Å²) in [5.41, 5.74) is 2.52. The number of pyridine rings is 1. The molecule has 0 atom stereocenters. The van der Waals surface area contributed by atoms with Crippen LogP contribution in [-0.2, 0) is 0 Å². The number of benzene rings is 2. The summed E-state index contributed by atoms with van der Waals surface area (Å²) in [5.74, 6) is 0. The Morgan fingerprint density at radius 1 is 0.950 bits per heavy atom. The lowest BCUT2D eigenvalue weighted by Gasteiger charge is -1.99. The topological polar surface area (TPSA) is 32.9 Å². The first kappa shape index (κ1) is 12.7. The third kappa shape index (κ3) is 2.51. The van der Waals surface area contributed by atoms with Crippen molar-refractivity contribution in [3.63, 3.8) is 0 Å². The highest BCUT2D eigenvalue weighted by molar-refractivity contribution is 6.30. The van der Waals surface area contributed by atoms with Gasteiger partial charge < -0.3 is 4.98 Å². The van der Waals surface area contributed by atoms with Crippen LogP contribution < -0.4 is 5.43 Å². The highest BCUT2D eigenvalue weighted by atomic mass is 35.5. The molecular formula is C17H12ClNO. The van der Waals surface area contributed by atoms with Gasteiger partial charge in [0.2, 0.25) is 0 Å². The first-order valence-electron chi connectivity index (χ1n) is 6.28. The zero-order chi connectivity index (χ0) is 13.9. The summed E-state index contributed by atoms with van der Waals surface area (Å²) in [6.45, 7) is 0. The standard InChI is InChI=1S/C17H12ClNO/c18-14-9-6-12(7-10-14)5-8-13-11-19-16-4-2-1-3-15(16)17(13)20/h1-11H,(H,19,20)/b8-5+. The number of halogens is 1. The second kappa shape index (κ2) is 5.35. The molecule has 0 fully saturated rings. The Morgan fingerprint density at radius 2 is 1.70 bits per heavy atom. The molecule has 0 aliphatic rings. The predicted molar refractivity (Wildman–Crippen MR) is 84.9 cm³/mol. The molecular weight excluding hydrogens is 270 g/mol. The van der Waals surface area contributed by atoms with E-state index in [1.54, 1.807) is 6.20 Å². The number of para-hydroxylation sites is 1. The zero-order valence-electron chi connectivity index (χ0n) is 10.6. The lowest BCUT2D eigenvalue weighted by atomic mass is 10.1. The molecule has 3 heteroatoms. The minimum Gasteiger partial charge on any atom is -0.360 e. The average molecular weight is 282 g/mol. The van der Waals surface area contributed by atoms with Crippen LogP contribution in [0.3, 0.4) is 0 Å². The van der Waals surface area contributed by atoms with Crippen molar-refractivity contribution in [2.75, 3.05) is 0 Å².